The second kappa shape index (κ2) is 31.7. The molecule has 0 saturated carbocycles. The van der Waals surface area contributed by atoms with E-state index in [0.29, 0.717) is 16.7 Å². The van der Waals surface area contributed by atoms with Crippen LogP contribution in [0, 0.1) is 23.2 Å². The van der Waals surface area contributed by atoms with Crippen LogP contribution in [0.15, 0.2) is 60.2 Å². The smallest absolute Gasteiger partial charge is 0.431 e. The monoisotopic (exact) mass is 1150 g/mol. The summed E-state index contributed by atoms with van der Waals surface area (Å²) >= 11 is 0. The molecule has 3 N–H and O–H groups in total. The van der Waals surface area contributed by atoms with Crippen molar-refractivity contribution in [2.75, 3.05) is 60.3 Å². The number of benzene rings is 2. The first-order valence-corrected chi connectivity index (χ1v) is 27.8. The minimum Gasteiger partial charge on any atom is -0.463 e. The predicted octanol–water partition coefficient (Wildman–Crippen LogP) is 7.24. The molecule has 22 nitrogen and oxygen atoms in total. The second-order valence-electron chi connectivity index (χ2n) is 23.4. The molecule has 5 amide bonds. The molecule has 2 aromatic rings. The Morgan fingerprint density at radius 2 is 1.40 bits per heavy atom. The lowest BCUT2D eigenvalue weighted by Crippen LogP contribution is -2.63. The van der Waals surface area contributed by atoms with E-state index in [1.807, 2.05) is 92.6 Å². The molecule has 82 heavy (non-hydrogen) atoms. The molecule has 1 aliphatic rings. The summed E-state index contributed by atoms with van der Waals surface area (Å²) < 4.78 is 45.5. The highest BCUT2D eigenvalue weighted by molar-refractivity contribution is 5.97. The van der Waals surface area contributed by atoms with Gasteiger partial charge in [0.25, 0.3) is 5.91 Å². The van der Waals surface area contributed by atoms with Gasteiger partial charge >= 0.3 is 24.1 Å². The number of ketones is 1. The lowest BCUT2D eigenvalue weighted by Gasteiger charge is -2.42. The topological polar surface area (TPSA) is 262 Å². The number of carbonyl (C=O) groups is 8. The van der Waals surface area contributed by atoms with Crippen molar-refractivity contribution in [3.05, 3.63) is 76.9 Å². The maximum absolute atomic E-state index is 15.0. The predicted molar refractivity (Wildman–Crippen MR) is 304 cm³/mol. The van der Waals surface area contributed by atoms with E-state index in [-0.39, 0.29) is 75.1 Å². The van der Waals surface area contributed by atoms with E-state index in [2.05, 4.69) is 16.1 Å². The van der Waals surface area contributed by atoms with Crippen molar-refractivity contribution >= 4 is 47.6 Å². The van der Waals surface area contributed by atoms with Crippen molar-refractivity contribution in [3.63, 3.8) is 0 Å². The standard InChI is InChI=1S/C60H91N5O17/c1-19-76-54(71)37(4)33-45(36(2)3)64(17)53(70)49(58(9,10)11)62-52(69)50(60(15,16)43-23-21-20-22-24-43)65(18)57(73)77-35-42-25-26-46(80-55-48(79-41(8)67)39(6)38(5)47(81-55)40(7)66)44(34-42)51(68)61-27-28-74-29-30-75-31-32-78-63-56(72)82-59(12,13)14/h20-26,33-34,36,38-39,45,47-50,55H,19,27-32,35H2,1-18H3,(H,61,68)(H,62,69)(H,63,72)/b37-33+/t38-,39-,45+,47-,48+,49+,50+,55+/m0/s1. The molecule has 458 valence electrons. The number of esters is 2. The van der Waals surface area contributed by atoms with Gasteiger partial charge in [-0.05, 0) is 82.1 Å². The summed E-state index contributed by atoms with van der Waals surface area (Å²) in [5.74, 6) is -3.97. The molecule has 2 aromatic carbocycles. The summed E-state index contributed by atoms with van der Waals surface area (Å²) in [5, 5.41) is 5.81. The first-order valence-electron chi connectivity index (χ1n) is 27.8. The molecule has 1 heterocycles. The van der Waals surface area contributed by atoms with Crippen molar-refractivity contribution < 1.29 is 81.1 Å². The molecule has 0 unspecified atom stereocenters. The number of likely N-dealkylation sites (N-methyl/N-ethyl adjacent to an activating group) is 2. The van der Waals surface area contributed by atoms with Crippen LogP contribution in [0.25, 0.3) is 0 Å². The Morgan fingerprint density at radius 1 is 0.780 bits per heavy atom. The molecule has 0 spiro atoms. The van der Waals surface area contributed by atoms with Crippen LogP contribution in [0.4, 0.5) is 9.59 Å². The van der Waals surface area contributed by atoms with Crippen molar-refractivity contribution in [1.82, 2.24) is 25.9 Å². The van der Waals surface area contributed by atoms with Gasteiger partial charge in [0.2, 0.25) is 18.1 Å². The number of Topliss-reactive ketones (excluding diaryl/α,β-unsaturated/α-hetero) is 1. The van der Waals surface area contributed by atoms with Gasteiger partial charge in [-0.2, -0.15) is 5.48 Å². The van der Waals surface area contributed by atoms with Crippen LogP contribution in [-0.2, 0) is 74.0 Å². The fourth-order valence-electron chi connectivity index (χ4n) is 9.23. The van der Waals surface area contributed by atoms with Crippen LogP contribution < -0.4 is 20.9 Å². The molecular formula is C60H91N5O17. The molecule has 0 aromatic heterocycles. The average molecular weight is 1150 g/mol. The highest BCUT2D eigenvalue weighted by Gasteiger charge is 2.48. The maximum atomic E-state index is 15.0. The number of rotatable bonds is 28. The van der Waals surface area contributed by atoms with Crippen molar-refractivity contribution in [2.24, 2.45) is 23.2 Å². The number of amides is 5. The molecule has 1 saturated heterocycles. The largest absolute Gasteiger partial charge is 0.463 e. The molecule has 0 radical (unpaired) electrons. The van der Waals surface area contributed by atoms with E-state index in [1.54, 1.807) is 53.8 Å². The normalized spacial score (nSPS) is 18.7. The molecule has 22 heteroatoms. The van der Waals surface area contributed by atoms with Crippen LogP contribution >= 0.6 is 0 Å². The van der Waals surface area contributed by atoms with Crippen molar-refractivity contribution in [2.45, 2.75) is 165 Å². The van der Waals surface area contributed by atoms with Gasteiger partial charge in [-0.15, -0.1) is 0 Å². The lowest BCUT2D eigenvalue weighted by atomic mass is 9.76. The number of hydrogen-bond donors (Lipinski definition) is 3. The first-order chi connectivity index (χ1) is 38.2. The first kappa shape index (κ1) is 69.6. The number of nitrogens with zero attached hydrogens (tertiary/aromatic N) is 2. The zero-order valence-corrected chi connectivity index (χ0v) is 51.4. The third-order valence-electron chi connectivity index (χ3n) is 13.8. The zero-order chi connectivity index (χ0) is 61.9. The number of hydrogen-bond acceptors (Lipinski definition) is 17. The summed E-state index contributed by atoms with van der Waals surface area (Å²) in [4.78, 5) is 115. The zero-order valence-electron chi connectivity index (χ0n) is 51.4. The van der Waals surface area contributed by atoms with Crippen LogP contribution in [0.3, 0.4) is 0 Å². The summed E-state index contributed by atoms with van der Waals surface area (Å²) in [6.07, 6.45) is -3.14. The number of ether oxygens (including phenoxy) is 8. The Bertz CT molecular complexity index is 2500. The van der Waals surface area contributed by atoms with Gasteiger partial charge < -0.3 is 53.4 Å². The Kier molecular flexibility index (Phi) is 26.9. The summed E-state index contributed by atoms with van der Waals surface area (Å²) in [6, 6.07) is 10.7. The third kappa shape index (κ3) is 21.0. The van der Waals surface area contributed by atoms with E-state index >= 15 is 4.79 Å². The van der Waals surface area contributed by atoms with E-state index in [4.69, 9.17) is 42.7 Å². The Morgan fingerprint density at radius 3 is 1.98 bits per heavy atom. The molecule has 1 fully saturated rings. The van der Waals surface area contributed by atoms with Gasteiger partial charge in [0.1, 0.15) is 36.1 Å². The second-order valence-corrected chi connectivity index (χ2v) is 23.4. The van der Waals surface area contributed by atoms with Crippen molar-refractivity contribution in [1.29, 1.82) is 0 Å². The van der Waals surface area contributed by atoms with E-state index < -0.39 is 107 Å². The highest BCUT2D eigenvalue weighted by atomic mass is 16.7. The van der Waals surface area contributed by atoms with Crippen LogP contribution in [0.1, 0.15) is 132 Å². The number of carbonyl (C=O) groups excluding carboxylic acids is 8. The SMILES string of the molecule is CCOC(=O)/C(C)=C/[C@H](C(C)C)N(C)C(=O)[C@@H](NC(=O)[C@@H](N(C)C(=O)OCc1ccc(O[C@@H]2O[C@H](C(C)=O)[C@@H](C)[C@H](C)[C@H]2OC(C)=O)c(C(=O)NCCOCCOCCONC(=O)OC(C)(C)C)c1)C(C)(C)c1ccccc1)C(C)(C)C. The van der Waals surface area contributed by atoms with E-state index in [1.165, 1.54) is 42.8 Å². The van der Waals surface area contributed by atoms with Gasteiger partial charge in [0, 0.05) is 44.5 Å². The lowest BCUT2D eigenvalue weighted by molar-refractivity contribution is -0.242. The molecule has 0 bridgehead atoms. The van der Waals surface area contributed by atoms with Gasteiger partial charge in [-0.3, -0.25) is 33.7 Å². The van der Waals surface area contributed by atoms with E-state index in [9.17, 15) is 33.6 Å². The minimum atomic E-state index is -1.31. The van der Waals surface area contributed by atoms with Crippen LogP contribution in [0.5, 0.6) is 5.75 Å². The fraction of sp³-hybridized carbons (Fsp3) is 0.633. The summed E-state index contributed by atoms with van der Waals surface area (Å²) in [5.41, 5.74) is 0.908. The third-order valence-corrected chi connectivity index (χ3v) is 13.8. The van der Waals surface area contributed by atoms with E-state index in [0.717, 1.165) is 0 Å². The summed E-state index contributed by atoms with van der Waals surface area (Å²) in [7, 11) is 3.05. The van der Waals surface area contributed by atoms with Crippen LogP contribution in [0.2, 0.25) is 0 Å². The fourth-order valence-corrected chi connectivity index (χ4v) is 9.23. The molecule has 8 atom stereocenters. The molecule has 3 rings (SSSR count). The molecule has 1 aliphatic heterocycles. The summed E-state index contributed by atoms with van der Waals surface area (Å²) in [6.45, 7) is 28.1. The Hall–Kier alpha value is -6.62. The molecular weight excluding hydrogens is 1060 g/mol. The minimum absolute atomic E-state index is 0.00610. The van der Waals surface area contributed by atoms with Gasteiger partial charge in [-0.1, -0.05) is 105 Å². The van der Waals surface area contributed by atoms with Crippen LogP contribution in [-0.4, -0.2) is 160 Å². The van der Waals surface area contributed by atoms with Gasteiger partial charge in [0.05, 0.1) is 51.2 Å². The average Bonchev–Trinajstić information content (AvgIpc) is 3.57. The van der Waals surface area contributed by atoms with Crippen molar-refractivity contribution in [3.8, 4) is 5.75 Å². The molecule has 0 aliphatic carbocycles. The van der Waals surface area contributed by atoms with Gasteiger partial charge in [0.15, 0.2) is 11.9 Å². The quantitative estimate of drug-likeness (QED) is 0.0249. The highest BCUT2D eigenvalue weighted by Crippen LogP contribution is 2.36. The maximum Gasteiger partial charge on any atom is 0.431 e. The number of nitrogens with one attached hydrogen (secondary N) is 3. The number of hydroxylamine groups is 1. The Labute approximate surface area is 484 Å². The Balaban J connectivity index is 1.93. The van der Waals surface area contributed by atoms with Gasteiger partial charge in [-0.25, -0.2) is 14.4 Å².